The molecule has 0 saturated carbocycles. The highest BCUT2D eigenvalue weighted by Crippen LogP contribution is 2.36. The van der Waals surface area contributed by atoms with E-state index in [1.165, 1.54) is 24.4 Å². The number of anilines is 1. The molecular formula is C21H16ClF3N4O3S. The monoisotopic (exact) mass is 496 g/mol. The van der Waals surface area contributed by atoms with E-state index in [0.717, 1.165) is 22.5 Å². The number of hydrogen-bond donors (Lipinski definition) is 1. The van der Waals surface area contributed by atoms with Gasteiger partial charge in [-0.3, -0.25) is 10.1 Å². The fourth-order valence-electron chi connectivity index (χ4n) is 3.40. The number of sulfonamides is 1. The van der Waals surface area contributed by atoms with Crippen LogP contribution in [0.25, 0.3) is 0 Å². The normalized spacial score (nSPS) is 14.5. The summed E-state index contributed by atoms with van der Waals surface area (Å²) in [5.74, 6) is -0.414. The number of hydrogen-bond acceptors (Lipinski definition) is 5. The Balaban J connectivity index is 1.54. The molecule has 0 saturated heterocycles. The average molecular weight is 497 g/mol. The van der Waals surface area contributed by atoms with Crippen molar-refractivity contribution in [2.75, 3.05) is 11.9 Å². The summed E-state index contributed by atoms with van der Waals surface area (Å²) in [6.45, 7) is -0.252. The van der Waals surface area contributed by atoms with Crippen LogP contribution in [0.15, 0.2) is 59.6 Å². The van der Waals surface area contributed by atoms with Crippen LogP contribution in [0.4, 0.5) is 19.1 Å². The molecule has 1 aliphatic heterocycles. The number of amides is 1. The molecule has 0 bridgehead atoms. The SMILES string of the molecule is O=C(Nc1ncc2c(n1)CCN(S(=O)(=O)c1ccccc1C(F)(F)F)C2)c1ccc(Cl)cc1. The predicted octanol–water partition coefficient (Wildman–Crippen LogP) is 4.15. The lowest BCUT2D eigenvalue weighted by Crippen LogP contribution is -2.37. The van der Waals surface area contributed by atoms with Crippen molar-refractivity contribution in [3.05, 3.63) is 82.1 Å². The number of aromatic nitrogens is 2. The maximum Gasteiger partial charge on any atom is 0.417 e. The van der Waals surface area contributed by atoms with E-state index in [1.54, 1.807) is 12.1 Å². The van der Waals surface area contributed by atoms with Crippen molar-refractivity contribution in [2.45, 2.75) is 24.0 Å². The molecule has 2 heterocycles. The molecule has 1 amide bonds. The highest BCUT2D eigenvalue weighted by atomic mass is 35.5. The van der Waals surface area contributed by atoms with Crippen molar-refractivity contribution in [3.63, 3.8) is 0 Å². The minimum absolute atomic E-state index is 0.0347. The third-order valence-corrected chi connectivity index (χ3v) is 7.20. The van der Waals surface area contributed by atoms with Gasteiger partial charge in [-0.25, -0.2) is 18.4 Å². The van der Waals surface area contributed by atoms with Gasteiger partial charge in [0.25, 0.3) is 5.91 Å². The van der Waals surface area contributed by atoms with Crippen LogP contribution in [-0.4, -0.2) is 35.1 Å². The second kappa shape index (κ2) is 8.73. The van der Waals surface area contributed by atoms with Crippen LogP contribution in [0.3, 0.4) is 0 Å². The highest BCUT2D eigenvalue weighted by Gasteiger charge is 2.39. The number of nitrogens with one attached hydrogen (secondary N) is 1. The van der Waals surface area contributed by atoms with Crippen molar-refractivity contribution < 1.29 is 26.4 Å². The van der Waals surface area contributed by atoms with Crippen molar-refractivity contribution >= 4 is 33.5 Å². The number of carbonyl (C=O) groups is 1. The van der Waals surface area contributed by atoms with Crippen LogP contribution in [0.2, 0.25) is 5.02 Å². The first-order chi connectivity index (χ1) is 15.6. The van der Waals surface area contributed by atoms with Crippen LogP contribution >= 0.6 is 11.6 Å². The molecule has 0 unspecified atom stereocenters. The van der Waals surface area contributed by atoms with Crippen LogP contribution in [0.5, 0.6) is 0 Å². The lowest BCUT2D eigenvalue weighted by Gasteiger charge is -2.28. The van der Waals surface area contributed by atoms with Gasteiger partial charge in [-0.15, -0.1) is 0 Å². The lowest BCUT2D eigenvalue weighted by molar-refractivity contribution is -0.139. The molecule has 1 N–H and O–H groups in total. The Kier molecular flexibility index (Phi) is 6.12. The number of alkyl halides is 3. The molecule has 0 fully saturated rings. The predicted molar refractivity (Wildman–Crippen MR) is 114 cm³/mol. The molecule has 0 spiro atoms. The largest absolute Gasteiger partial charge is 0.417 e. The molecule has 4 rings (SSSR count). The minimum atomic E-state index is -4.81. The Hall–Kier alpha value is -3.02. The molecule has 1 aromatic heterocycles. The van der Waals surface area contributed by atoms with E-state index in [2.05, 4.69) is 15.3 Å². The molecule has 2 aromatic carbocycles. The molecule has 0 radical (unpaired) electrons. The first-order valence-electron chi connectivity index (χ1n) is 9.64. The number of nitrogens with zero attached hydrogens (tertiary/aromatic N) is 3. The Morgan fingerprint density at radius 1 is 1.09 bits per heavy atom. The molecule has 7 nitrogen and oxygen atoms in total. The molecule has 0 aliphatic carbocycles. The van der Waals surface area contributed by atoms with Crippen molar-refractivity contribution in [1.82, 2.24) is 14.3 Å². The molecule has 3 aromatic rings. The second-order valence-electron chi connectivity index (χ2n) is 7.21. The summed E-state index contributed by atoms with van der Waals surface area (Å²) < 4.78 is 66.9. The number of rotatable bonds is 4. The number of halogens is 4. The number of fused-ring (bicyclic) bond motifs is 1. The summed E-state index contributed by atoms with van der Waals surface area (Å²) in [5, 5.41) is 3.04. The van der Waals surface area contributed by atoms with Gasteiger partial charge >= 0.3 is 6.18 Å². The molecular weight excluding hydrogens is 481 g/mol. The Morgan fingerprint density at radius 3 is 2.48 bits per heavy atom. The van der Waals surface area contributed by atoms with Gasteiger partial charge in [0.05, 0.1) is 16.2 Å². The smallest absolute Gasteiger partial charge is 0.290 e. The van der Waals surface area contributed by atoms with Gasteiger partial charge in [0.15, 0.2) is 0 Å². The van der Waals surface area contributed by atoms with Gasteiger partial charge in [0.1, 0.15) is 0 Å². The van der Waals surface area contributed by atoms with Gasteiger partial charge in [-0.1, -0.05) is 23.7 Å². The first kappa shape index (κ1) is 23.1. The van der Waals surface area contributed by atoms with E-state index in [1.807, 2.05) is 0 Å². The quantitative estimate of drug-likeness (QED) is 0.586. The fraction of sp³-hybridized carbons (Fsp3) is 0.190. The molecule has 1 aliphatic rings. The van der Waals surface area contributed by atoms with Crippen LogP contribution in [-0.2, 0) is 29.2 Å². The van der Waals surface area contributed by atoms with E-state index < -0.39 is 32.6 Å². The number of benzene rings is 2. The Morgan fingerprint density at radius 2 is 1.79 bits per heavy atom. The van der Waals surface area contributed by atoms with Gasteiger partial charge in [0.2, 0.25) is 16.0 Å². The molecule has 0 atom stereocenters. The summed E-state index contributed by atoms with van der Waals surface area (Å²) in [6, 6.07) is 10.3. The van der Waals surface area contributed by atoms with E-state index in [-0.39, 0.29) is 25.5 Å². The third kappa shape index (κ3) is 4.85. The average Bonchev–Trinajstić information content (AvgIpc) is 2.78. The fourth-order valence-corrected chi connectivity index (χ4v) is 5.15. The zero-order chi connectivity index (χ0) is 23.8. The zero-order valence-corrected chi connectivity index (χ0v) is 18.4. The van der Waals surface area contributed by atoms with E-state index >= 15 is 0 Å². The molecule has 12 heteroatoms. The molecule has 172 valence electrons. The maximum absolute atomic E-state index is 13.3. The van der Waals surface area contributed by atoms with Crippen molar-refractivity contribution in [3.8, 4) is 0 Å². The van der Waals surface area contributed by atoms with Gasteiger partial charge in [0, 0.05) is 41.9 Å². The topological polar surface area (TPSA) is 92.3 Å². The zero-order valence-electron chi connectivity index (χ0n) is 16.8. The summed E-state index contributed by atoms with van der Waals surface area (Å²) in [7, 11) is -4.41. The summed E-state index contributed by atoms with van der Waals surface area (Å²) in [4.78, 5) is 19.9. The minimum Gasteiger partial charge on any atom is -0.290 e. The van der Waals surface area contributed by atoms with Crippen molar-refractivity contribution in [1.29, 1.82) is 0 Å². The van der Waals surface area contributed by atoms with Gasteiger partial charge in [-0.05, 0) is 36.4 Å². The summed E-state index contributed by atoms with van der Waals surface area (Å²) in [5.41, 5.74) is 0.0828. The van der Waals surface area contributed by atoms with Crippen molar-refractivity contribution in [2.24, 2.45) is 0 Å². The standard InChI is InChI=1S/C21H16ClF3N4O3S/c22-15-7-5-13(6-8-15)19(30)28-20-26-11-14-12-29(10-9-17(14)27-20)33(31,32)18-4-2-1-3-16(18)21(23,24)25/h1-8,11H,9-10,12H2,(H,26,27,28,30). The van der Waals surface area contributed by atoms with E-state index in [9.17, 15) is 26.4 Å². The van der Waals surface area contributed by atoms with Gasteiger partial charge in [-0.2, -0.15) is 17.5 Å². The maximum atomic E-state index is 13.3. The second-order valence-corrected chi connectivity index (χ2v) is 9.55. The molecule has 33 heavy (non-hydrogen) atoms. The summed E-state index contributed by atoms with van der Waals surface area (Å²) >= 11 is 5.81. The van der Waals surface area contributed by atoms with Crippen LogP contribution in [0.1, 0.15) is 27.2 Å². The highest BCUT2D eigenvalue weighted by molar-refractivity contribution is 7.89. The van der Waals surface area contributed by atoms with Crippen LogP contribution in [0, 0.1) is 0 Å². The van der Waals surface area contributed by atoms with E-state index in [4.69, 9.17) is 11.6 Å². The van der Waals surface area contributed by atoms with E-state index in [0.29, 0.717) is 21.8 Å². The Bertz CT molecular complexity index is 1320. The first-order valence-corrected chi connectivity index (χ1v) is 11.5. The lowest BCUT2D eigenvalue weighted by atomic mass is 10.1. The van der Waals surface area contributed by atoms with Crippen LogP contribution < -0.4 is 5.32 Å². The number of carbonyl (C=O) groups excluding carboxylic acids is 1. The third-order valence-electron chi connectivity index (χ3n) is 5.04. The Labute approximate surface area is 192 Å². The van der Waals surface area contributed by atoms with Gasteiger partial charge < -0.3 is 0 Å². The summed E-state index contributed by atoms with van der Waals surface area (Å²) in [6.07, 6.45) is -3.30.